The molecule has 0 radical (unpaired) electrons. The normalized spacial score (nSPS) is 10.6. The van der Waals surface area contributed by atoms with Gasteiger partial charge in [-0.05, 0) is 31.2 Å². The van der Waals surface area contributed by atoms with E-state index in [-0.39, 0.29) is 11.9 Å². The lowest BCUT2D eigenvalue weighted by Gasteiger charge is -2.02. The minimum atomic E-state index is -0.344. The molecule has 0 saturated carbocycles. The smallest absolute Gasteiger partial charge is 0.338 e. The van der Waals surface area contributed by atoms with Crippen molar-refractivity contribution in [3.8, 4) is 11.3 Å². The van der Waals surface area contributed by atoms with Crippen molar-refractivity contribution in [1.29, 1.82) is 0 Å². The third kappa shape index (κ3) is 3.95. The van der Waals surface area contributed by atoms with Gasteiger partial charge in [0.15, 0.2) is 5.76 Å². The highest BCUT2D eigenvalue weighted by atomic mass is 16.5. The molecular weight excluding hydrogens is 284 g/mol. The van der Waals surface area contributed by atoms with E-state index in [4.69, 9.17) is 20.6 Å². The number of nitrogens with one attached hydrogen (secondary N) is 1. The number of hydrogen-bond acceptors (Lipinski definition) is 4. The minimum absolute atomic E-state index is 0.0717. The number of guanidine groups is 1. The molecule has 7 heteroatoms. The summed E-state index contributed by atoms with van der Waals surface area (Å²) in [5.74, 6) is 0.809. The standard InChI is InChI=1S/C15H16N4O3/c1-2-21-14(20)11-5-3-10(4-6-11)13-8-7-12(22-13)9-18-19-15(16)17/h3-9H,2H2,1H3,(H4,16,17,19)/p+1/b18-9-. The molecule has 0 saturated heterocycles. The van der Waals surface area contributed by atoms with Gasteiger partial charge in [0.05, 0.1) is 12.2 Å². The third-order valence-electron chi connectivity index (χ3n) is 2.71. The summed E-state index contributed by atoms with van der Waals surface area (Å²) in [6, 6.07) is 10.5. The molecule has 0 fully saturated rings. The summed E-state index contributed by atoms with van der Waals surface area (Å²) < 4.78 is 10.5. The average Bonchev–Trinajstić information content (AvgIpc) is 2.96. The average molecular weight is 301 g/mol. The van der Waals surface area contributed by atoms with Crippen LogP contribution in [-0.2, 0) is 4.74 Å². The van der Waals surface area contributed by atoms with E-state index in [0.29, 0.717) is 23.7 Å². The zero-order chi connectivity index (χ0) is 15.9. The summed E-state index contributed by atoms with van der Waals surface area (Å²) in [6.45, 7) is 2.12. The monoisotopic (exact) mass is 301 g/mol. The Labute approximate surface area is 127 Å². The second-order valence-corrected chi connectivity index (χ2v) is 4.31. The summed E-state index contributed by atoms with van der Waals surface area (Å²) in [5, 5.41) is 6.17. The first kappa shape index (κ1) is 15.3. The molecule has 5 N–H and O–H groups in total. The molecule has 0 atom stereocenters. The summed E-state index contributed by atoms with van der Waals surface area (Å²) in [5.41, 5.74) is 11.7. The number of nitrogens with two attached hydrogens (primary N) is 2. The van der Waals surface area contributed by atoms with Gasteiger partial charge in [0.1, 0.15) is 5.76 Å². The van der Waals surface area contributed by atoms with Crippen LogP contribution in [0.3, 0.4) is 0 Å². The number of nitrogens with zero attached hydrogens (tertiary/aromatic N) is 1. The van der Waals surface area contributed by atoms with Crippen molar-refractivity contribution >= 4 is 18.1 Å². The minimum Gasteiger partial charge on any atom is -0.462 e. The van der Waals surface area contributed by atoms with Crippen molar-refractivity contribution in [2.75, 3.05) is 6.61 Å². The van der Waals surface area contributed by atoms with Gasteiger partial charge in [-0.1, -0.05) is 17.2 Å². The maximum absolute atomic E-state index is 11.6. The molecule has 0 spiro atoms. The van der Waals surface area contributed by atoms with Crippen LogP contribution >= 0.6 is 0 Å². The molecule has 0 bridgehead atoms. The Balaban J connectivity index is 2.12. The number of hydrogen-bond donors (Lipinski definition) is 3. The second kappa shape index (κ2) is 7.07. The van der Waals surface area contributed by atoms with Crippen LogP contribution in [0.2, 0.25) is 0 Å². The summed E-state index contributed by atoms with van der Waals surface area (Å²) >= 11 is 0. The number of esters is 1. The zero-order valence-electron chi connectivity index (χ0n) is 12.1. The van der Waals surface area contributed by atoms with E-state index in [1.165, 1.54) is 6.21 Å². The van der Waals surface area contributed by atoms with Gasteiger partial charge in [0, 0.05) is 10.7 Å². The molecule has 7 nitrogen and oxygen atoms in total. The van der Waals surface area contributed by atoms with Gasteiger partial charge in [-0.15, -0.1) is 0 Å². The molecular formula is C15H17N4O3+. The molecule has 1 aromatic heterocycles. The fourth-order valence-electron chi connectivity index (χ4n) is 1.74. The van der Waals surface area contributed by atoms with Crippen molar-refractivity contribution in [3.05, 3.63) is 47.7 Å². The van der Waals surface area contributed by atoms with E-state index in [2.05, 4.69) is 10.2 Å². The van der Waals surface area contributed by atoms with Gasteiger partial charge >= 0.3 is 5.97 Å². The molecule has 114 valence electrons. The number of benzene rings is 1. The van der Waals surface area contributed by atoms with Crippen LogP contribution < -0.4 is 16.6 Å². The van der Waals surface area contributed by atoms with E-state index in [1.807, 2.05) is 6.07 Å². The Morgan fingerprint density at radius 2 is 2.00 bits per heavy atom. The Kier molecular flexibility index (Phi) is 4.92. The van der Waals surface area contributed by atoms with Crippen LogP contribution in [0.25, 0.3) is 11.3 Å². The number of hydrazone groups is 1. The van der Waals surface area contributed by atoms with Crippen molar-refractivity contribution < 1.29 is 19.0 Å². The van der Waals surface area contributed by atoms with Gasteiger partial charge in [0.25, 0.3) is 5.96 Å². The molecule has 0 aliphatic carbocycles. The van der Waals surface area contributed by atoms with Crippen LogP contribution in [0.5, 0.6) is 0 Å². The van der Waals surface area contributed by atoms with Crippen LogP contribution in [-0.4, -0.2) is 24.8 Å². The molecule has 2 aromatic rings. The van der Waals surface area contributed by atoms with E-state index in [0.717, 1.165) is 5.56 Å². The fourth-order valence-corrected chi connectivity index (χ4v) is 1.74. The lowest BCUT2D eigenvalue weighted by atomic mass is 10.1. The lowest BCUT2D eigenvalue weighted by molar-refractivity contribution is -0.457. The maximum atomic E-state index is 11.6. The first-order valence-electron chi connectivity index (χ1n) is 6.65. The number of furan rings is 1. The van der Waals surface area contributed by atoms with Crippen LogP contribution in [0.15, 0.2) is 45.9 Å². The number of carbonyl (C=O) groups excluding carboxylic acids is 1. The van der Waals surface area contributed by atoms with Crippen molar-refractivity contribution in [2.45, 2.75) is 6.92 Å². The second-order valence-electron chi connectivity index (χ2n) is 4.31. The Bertz CT molecular complexity index is 698. The summed E-state index contributed by atoms with van der Waals surface area (Å²) in [7, 11) is 0. The number of carbonyl (C=O) groups is 1. The van der Waals surface area contributed by atoms with Gasteiger partial charge in [-0.25, -0.2) is 4.79 Å². The molecule has 0 amide bonds. The molecule has 0 unspecified atom stereocenters. The predicted octanol–water partition coefficient (Wildman–Crippen LogP) is -0.189. The first-order chi connectivity index (χ1) is 10.6. The highest BCUT2D eigenvalue weighted by Crippen LogP contribution is 2.22. The van der Waals surface area contributed by atoms with Gasteiger partial charge in [-0.3, -0.25) is 0 Å². The Morgan fingerprint density at radius 3 is 2.64 bits per heavy atom. The van der Waals surface area contributed by atoms with Crippen LogP contribution in [0, 0.1) is 0 Å². The van der Waals surface area contributed by atoms with Crippen molar-refractivity contribution in [1.82, 2.24) is 0 Å². The molecule has 0 aliphatic rings. The molecule has 0 aliphatic heterocycles. The summed E-state index contributed by atoms with van der Waals surface area (Å²) in [4.78, 5) is 11.6. The first-order valence-corrected chi connectivity index (χ1v) is 6.65. The zero-order valence-corrected chi connectivity index (χ0v) is 12.1. The number of ether oxygens (including phenoxy) is 1. The van der Waals surface area contributed by atoms with Crippen molar-refractivity contribution in [3.63, 3.8) is 0 Å². The van der Waals surface area contributed by atoms with Crippen molar-refractivity contribution in [2.24, 2.45) is 16.6 Å². The van der Waals surface area contributed by atoms with E-state index in [9.17, 15) is 4.79 Å². The SMILES string of the molecule is CCOC(=O)c1ccc(-c2ccc(/C=[NH+]\N=C(N)N)o2)cc1. The van der Waals surface area contributed by atoms with E-state index >= 15 is 0 Å². The Morgan fingerprint density at radius 1 is 1.27 bits per heavy atom. The van der Waals surface area contributed by atoms with Crippen LogP contribution in [0.4, 0.5) is 0 Å². The molecule has 1 heterocycles. The quantitative estimate of drug-likeness (QED) is 0.306. The highest BCUT2D eigenvalue weighted by molar-refractivity contribution is 5.90. The molecule has 2 rings (SSSR count). The maximum Gasteiger partial charge on any atom is 0.338 e. The van der Waals surface area contributed by atoms with E-state index < -0.39 is 0 Å². The highest BCUT2D eigenvalue weighted by Gasteiger charge is 2.08. The predicted molar refractivity (Wildman–Crippen MR) is 82.0 cm³/mol. The largest absolute Gasteiger partial charge is 0.462 e. The topological polar surface area (TPSA) is 118 Å². The van der Waals surface area contributed by atoms with Gasteiger partial charge in [-0.2, -0.15) is 0 Å². The Hall–Kier alpha value is -3.09. The fraction of sp³-hybridized carbons (Fsp3) is 0.133. The molecule has 22 heavy (non-hydrogen) atoms. The number of rotatable bonds is 5. The third-order valence-corrected chi connectivity index (χ3v) is 2.71. The summed E-state index contributed by atoms with van der Waals surface area (Å²) in [6.07, 6.45) is 1.52. The van der Waals surface area contributed by atoms with Gasteiger partial charge < -0.3 is 20.6 Å². The van der Waals surface area contributed by atoms with E-state index in [1.54, 1.807) is 37.3 Å². The lowest BCUT2D eigenvalue weighted by Crippen LogP contribution is -2.63. The molecule has 1 aromatic carbocycles. The van der Waals surface area contributed by atoms with Crippen LogP contribution in [0.1, 0.15) is 23.0 Å². The van der Waals surface area contributed by atoms with Gasteiger partial charge in [0.2, 0.25) is 6.21 Å².